The summed E-state index contributed by atoms with van der Waals surface area (Å²) in [5.41, 5.74) is 3.18. The van der Waals surface area contributed by atoms with Crippen LogP contribution in [0.5, 0.6) is 0 Å². The molecule has 1 saturated carbocycles. The topological polar surface area (TPSA) is 122 Å². The van der Waals surface area contributed by atoms with Crippen LogP contribution in [0.25, 0.3) is 10.9 Å². The number of fused-ring (bicyclic) bond motifs is 1. The molecular formula is C24H23FN6O4. The predicted molar refractivity (Wildman–Crippen MR) is 130 cm³/mol. The second-order valence-corrected chi connectivity index (χ2v) is 8.62. The molecule has 0 radical (unpaired) electrons. The Kier molecular flexibility index (Phi) is 6.00. The summed E-state index contributed by atoms with van der Waals surface area (Å²) in [7, 11) is 0. The molecule has 0 unspecified atom stereocenters. The van der Waals surface area contributed by atoms with Gasteiger partial charge in [-0.3, -0.25) is 19.7 Å². The van der Waals surface area contributed by atoms with Crippen LogP contribution in [0.3, 0.4) is 0 Å². The number of nitrogens with zero attached hydrogens (tertiary/aromatic N) is 4. The third-order valence-electron chi connectivity index (χ3n) is 6.23. The molecule has 2 heterocycles. The molecule has 1 aliphatic carbocycles. The first-order valence-corrected chi connectivity index (χ1v) is 11.3. The number of non-ortho nitro benzene ring substituents is 1. The van der Waals surface area contributed by atoms with E-state index in [1.807, 2.05) is 9.47 Å². The van der Waals surface area contributed by atoms with Gasteiger partial charge in [0, 0.05) is 55.9 Å². The number of hydrogen-bond acceptors (Lipinski definition) is 7. The molecular weight excluding hydrogens is 455 g/mol. The third-order valence-corrected chi connectivity index (χ3v) is 6.23. The lowest BCUT2D eigenvalue weighted by Crippen LogP contribution is -2.43. The Labute approximate surface area is 199 Å². The molecule has 2 aliphatic rings. The average molecular weight is 478 g/mol. The van der Waals surface area contributed by atoms with Gasteiger partial charge in [-0.1, -0.05) is 0 Å². The van der Waals surface area contributed by atoms with Gasteiger partial charge >= 0.3 is 0 Å². The summed E-state index contributed by atoms with van der Waals surface area (Å²) >= 11 is 0. The van der Waals surface area contributed by atoms with E-state index < -0.39 is 22.1 Å². The summed E-state index contributed by atoms with van der Waals surface area (Å²) in [6.07, 6.45) is 4.68. The maximum atomic E-state index is 15.1. The lowest BCUT2D eigenvalue weighted by atomic mass is 10.1. The molecule has 11 heteroatoms. The van der Waals surface area contributed by atoms with Gasteiger partial charge in [0.25, 0.3) is 11.6 Å². The van der Waals surface area contributed by atoms with E-state index in [2.05, 4.69) is 15.8 Å². The minimum Gasteiger partial charge on any atom is -0.367 e. The van der Waals surface area contributed by atoms with Gasteiger partial charge < -0.3 is 14.8 Å². The van der Waals surface area contributed by atoms with Crippen LogP contribution >= 0.6 is 0 Å². The number of amides is 1. The van der Waals surface area contributed by atoms with E-state index in [0.717, 1.165) is 25.9 Å². The van der Waals surface area contributed by atoms with Crippen LogP contribution in [-0.2, 0) is 0 Å². The number of anilines is 1. The minimum absolute atomic E-state index is 0.0599. The van der Waals surface area contributed by atoms with Crippen LogP contribution in [0.1, 0.15) is 34.8 Å². The summed E-state index contributed by atoms with van der Waals surface area (Å²) in [5.74, 6) is -1.20. The van der Waals surface area contributed by atoms with Crippen LogP contribution in [0.4, 0.5) is 15.8 Å². The zero-order valence-electron chi connectivity index (χ0n) is 18.7. The fourth-order valence-electron chi connectivity index (χ4n) is 4.23. The lowest BCUT2D eigenvalue weighted by molar-refractivity contribution is -0.384. The van der Waals surface area contributed by atoms with Gasteiger partial charge in [0.05, 0.1) is 22.3 Å². The molecule has 1 aromatic heterocycles. The van der Waals surface area contributed by atoms with Crippen molar-refractivity contribution in [2.75, 3.05) is 31.1 Å². The van der Waals surface area contributed by atoms with Crippen LogP contribution in [0.2, 0.25) is 0 Å². The summed E-state index contributed by atoms with van der Waals surface area (Å²) < 4.78 is 16.9. The van der Waals surface area contributed by atoms with E-state index in [0.29, 0.717) is 29.9 Å². The molecule has 2 fully saturated rings. The molecule has 0 atom stereocenters. The number of carbonyl (C=O) groups is 1. The van der Waals surface area contributed by atoms with E-state index in [1.165, 1.54) is 42.7 Å². The van der Waals surface area contributed by atoms with E-state index in [-0.39, 0.29) is 22.7 Å². The largest absolute Gasteiger partial charge is 0.367 e. The first-order chi connectivity index (χ1) is 16.9. The quantitative estimate of drug-likeness (QED) is 0.319. The van der Waals surface area contributed by atoms with Crippen molar-refractivity contribution < 1.29 is 14.1 Å². The molecule has 180 valence electrons. The molecule has 2 N–H and O–H groups in total. The first-order valence-electron chi connectivity index (χ1n) is 11.3. The molecule has 0 spiro atoms. The van der Waals surface area contributed by atoms with Crippen molar-refractivity contribution >= 4 is 34.4 Å². The van der Waals surface area contributed by atoms with Gasteiger partial charge in [-0.2, -0.15) is 5.10 Å². The average Bonchev–Trinajstić information content (AvgIpc) is 3.70. The van der Waals surface area contributed by atoms with Crippen molar-refractivity contribution in [1.82, 2.24) is 15.3 Å². The summed E-state index contributed by atoms with van der Waals surface area (Å²) in [5, 5.41) is 18.0. The highest BCUT2D eigenvalue weighted by atomic mass is 19.1. The molecule has 0 bridgehead atoms. The number of nitro benzene ring substituents is 1. The van der Waals surface area contributed by atoms with Crippen molar-refractivity contribution in [3.63, 3.8) is 0 Å². The van der Waals surface area contributed by atoms with Gasteiger partial charge in [0.1, 0.15) is 11.4 Å². The molecule has 3 aromatic rings. The fraction of sp³-hybridized carbons (Fsp3) is 0.292. The third kappa shape index (κ3) is 4.62. The second-order valence-electron chi connectivity index (χ2n) is 8.62. The summed E-state index contributed by atoms with van der Waals surface area (Å²) in [6, 6.07) is 8.71. The normalized spacial score (nSPS) is 16.1. The maximum absolute atomic E-state index is 15.1. The fourth-order valence-corrected chi connectivity index (χ4v) is 4.23. The molecule has 1 amide bonds. The second kappa shape index (κ2) is 9.26. The Bertz CT molecular complexity index is 1390. The van der Waals surface area contributed by atoms with E-state index in [1.54, 1.807) is 6.07 Å². The molecule has 35 heavy (non-hydrogen) atoms. The number of nitrogens with one attached hydrogen (secondary N) is 2. The number of hydrogen-bond donors (Lipinski definition) is 2. The standard InChI is InChI=1S/C24H23FN6O4/c25-20-11-18-21(12-22(20)29-9-7-26-8-10-29)30(16-5-6-16)14-19(23(18)32)24(33)28-27-13-15-1-3-17(4-2-15)31(34)35/h1-4,11-14,16,26H,5-10H2,(H,28,33)/b27-13+. The number of rotatable bonds is 6. The number of nitro groups is 1. The minimum atomic E-state index is -0.712. The van der Waals surface area contributed by atoms with Crippen molar-refractivity contribution in [3.8, 4) is 0 Å². The van der Waals surface area contributed by atoms with Crippen molar-refractivity contribution in [2.24, 2.45) is 5.10 Å². The van der Waals surface area contributed by atoms with Gasteiger partial charge in [0.2, 0.25) is 5.43 Å². The zero-order chi connectivity index (χ0) is 24.5. The molecule has 10 nitrogen and oxygen atoms in total. The molecule has 2 aromatic carbocycles. The Morgan fingerprint density at radius 1 is 1.20 bits per heavy atom. The van der Waals surface area contributed by atoms with Gasteiger partial charge in [0.15, 0.2) is 0 Å². The van der Waals surface area contributed by atoms with Crippen LogP contribution in [-0.4, -0.2) is 47.8 Å². The number of hydrazone groups is 1. The predicted octanol–water partition coefficient (Wildman–Crippen LogP) is 2.56. The summed E-state index contributed by atoms with van der Waals surface area (Å²) in [6.45, 7) is 2.85. The number of halogens is 1. The number of benzene rings is 2. The number of carbonyl (C=O) groups excluding carboxylic acids is 1. The summed E-state index contributed by atoms with van der Waals surface area (Å²) in [4.78, 5) is 38.2. The number of aromatic nitrogens is 1. The van der Waals surface area contributed by atoms with Crippen molar-refractivity contribution in [2.45, 2.75) is 18.9 Å². The van der Waals surface area contributed by atoms with Crippen LogP contribution in [0, 0.1) is 15.9 Å². The Morgan fingerprint density at radius 3 is 2.57 bits per heavy atom. The Morgan fingerprint density at radius 2 is 1.91 bits per heavy atom. The smallest absolute Gasteiger partial charge is 0.276 e. The lowest BCUT2D eigenvalue weighted by Gasteiger charge is -2.30. The monoisotopic (exact) mass is 478 g/mol. The van der Waals surface area contributed by atoms with E-state index in [4.69, 9.17) is 0 Å². The van der Waals surface area contributed by atoms with Crippen molar-refractivity contribution in [3.05, 3.63) is 79.9 Å². The van der Waals surface area contributed by atoms with Gasteiger partial charge in [-0.05, 0) is 42.7 Å². The molecule has 1 saturated heterocycles. The SMILES string of the molecule is O=C(N/N=C/c1ccc([N+](=O)[O-])cc1)c1cn(C2CC2)c2cc(N3CCNCC3)c(F)cc2c1=O. The van der Waals surface area contributed by atoms with Gasteiger partial charge in [-0.25, -0.2) is 9.82 Å². The van der Waals surface area contributed by atoms with E-state index in [9.17, 15) is 19.7 Å². The highest BCUT2D eigenvalue weighted by Gasteiger charge is 2.28. The number of pyridine rings is 1. The molecule has 5 rings (SSSR count). The highest BCUT2D eigenvalue weighted by Crippen LogP contribution is 2.38. The van der Waals surface area contributed by atoms with Crippen LogP contribution < -0.4 is 21.1 Å². The van der Waals surface area contributed by atoms with Crippen molar-refractivity contribution in [1.29, 1.82) is 0 Å². The maximum Gasteiger partial charge on any atom is 0.276 e. The Balaban J connectivity index is 1.45. The van der Waals surface area contributed by atoms with E-state index >= 15 is 4.39 Å². The molecule has 1 aliphatic heterocycles. The Hall–Kier alpha value is -4.12. The van der Waals surface area contributed by atoms with Crippen LogP contribution in [0.15, 0.2) is 52.5 Å². The zero-order valence-corrected chi connectivity index (χ0v) is 18.7. The first kappa shape index (κ1) is 22.7. The number of piperazine rings is 1. The van der Waals surface area contributed by atoms with Gasteiger partial charge in [-0.15, -0.1) is 0 Å². The highest BCUT2D eigenvalue weighted by molar-refractivity contribution is 5.98.